The summed E-state index contributed by atoms with van der Waals surface area (Å²) in [5.74, 6) is -0.852. The molecule has 1 fully saturated rings. The van der Waals surface area contributed by atoms with Crippen molar-refractivity contribution in [2.75, 3.05) is 0 Å². The molecule has 1 aliphatic rings. The summed E-state index contributed by atoms with van der Waals surface area (Å²) < 4.78 is 0. The maximum atomic E-state index is 12.1. The summed E-state index contributed by atoms with van der Waals surface area (Å²) in [5, 5.41) is 18.7. The van der Waals surface area contributed by atoms with Gasteiger partial charge in [0.25, 0.3) is 0 Å². The summed E-state index contributed by atoms with van der Waals surface area (Å²) in [6.07, 6.45) is 15.8. The van der Waals surface area contributed by atoms with Gasteiger partial charge < -0.3 is 10.2 Å². The summed E-state index contributed by atoms with van der Waals surface area (Å²) >= 11 is 0. The molecule has 0 aromatic carbocycles. The van der Waals surface area contributed by atoms with Crippen LogP contribution >= 0.6 is 0 Å². The molecule has 0 aromatic heterocycles. The van der Waals surface area contributed by atoms with Gasteiger partial charge in [-0.1, -0.05) is 50.5 Å². The van der Waals surface area contributed by atoms with E-state index in [9.17, 15) is 14.7 Å². The van der Waals surface area contributed by atoms with Gasteiger partial charge in [-0.15, -0.1) is 0 Å². The number of aliphatic carboxylic acids is 1. The van der Waals surface area contributed by atoms with Gasteiger partial charge in [0.05, 0.1) is 6.10 Å². The van der Waals surface area contributed by atoms with Gasteiger partial charge in [0.15, 0.2) is 0 Å². The van der Waals surface area contributed by atoms with Crippen molar-refractivity contribution in [3.05, 3.63) is 24.3 Å². The smallest absolute Gasteiger partial charge is 0.303 e. The van der Waals surface area contributed by atoms with E-state index in [1.165, 1.54) is 19.3 Å². The van der Waals surface area contributed by atoms with E-state index in [0.29, 0.717) is 19.3 Å². The fourth-order valence-corrected chi connectivity index (χ4v) is 3.20. The predicted molar refractivity (Wildman–Crippen MR) is 95.8 cm³/mol. The molecule has 3 atom stereocenters. The van der Waals surface area contributed by atoms with Crippen LogP contribution in [0.15, 0.2) is 24.3 Å². The second-order valence-corrected chi connectivity index (χ2v) is 6.69. The number of Topliss-reactive ketones (excluding diaryl/α,β-unsaturated/α-hetero) is 1. The molecular formula is C20H32O4. The lowest BCUT2D eigenvalue weighted by molar-refractivity contribution is -0.137. The Morgan fingerprint density at radius 2 is 1.88 bits per heavy atom. The first kappa shape index (κ1) is 20.6. The Kier molecular flexibility index (Phi) is 10.3. The fourth-order valence-electron chi connectivity index (χ4n) is 3.20. The van der Waals surface area contributed by atoms with Gasteiger partial charge in [-0.3, -0.25) is 9.59 Å². The van der Waals surface area contributed by atoms with Crippen molar-refractivity contribution >= 4 is 11.8 Å². The predicted octanol–water partition coefficient (Wildman–Crippen LogP) is 4.28. The fraction of sp³-hybridized carbons (Fsp3) is 0.700. The monoisotopic (exact) mass is 336 g/mol. The van der Waals surface area contributed by atoms with Crippen LogP contribution in [0.25, 0.3) is 0 Å². The molecule has 0 heterocycles. The lowest BCUT2D eigenvalue weighted by Crippen LogP contribution is -2.17. The number of carbonyl (C=O) groups is 2. The highest BCUT2D eigenvalue weighted by atomic mass is 16.4. The number of aliphatic hydroxyl groups is 1. The van der Waals surface area contributed by atoms with Crippen LogP contribution in [0.4, 0.5) is 0 Å². The molecule has 4 heteroatoms. The Balaban J connectivity index is 2.39. The number of carboxylic acids is 1. The minimum atomic E-state index is -0.776. The summed E-state index contributed by atoms with van der Waals surface area (Å²) in [4.78, 5) is 22.5. The van der Waals surface area contributed by atoms with Gasteiger partial charge in [-0.05, 0) is 32.1 Å². The van der Waals surface area contributed by atoms with E-state index in [0.717, 1.165) is 12.8 Å². The number of carbonyl (C=O) groups excluding carboxylic acids is 1. The van der Waals surface area contributed by atoms with Gasteiger partial charge >= 0.3 is 5.97 Å². The van der Waals surface area contributed by atoms with E-state index in [1.54, 1.807) is 0 Å². The molecule has 4 nitrogen and oxygen atoms in total. The van der Waals surface area contributed by atoms with Crippen LogP contribution in [-0.2, 0) is 9.59 Å². The third kappa shape index (κ3) is 7.91. The summed E-state index contributed by atoms with van der Waals surface area (Å²) in [7, 11) is 0. The second-order valence-electron chi connectivity index (χ2n) is 6.69. The number of hydrogen-bond donors (Lipinski definition) is 2. The average molecular weight is 336 g/mol. The summed E-state index contributed by atoms with van der Waals surface area (Å²) in [6.45, 7) is 2.19. The van der Waals surface area contributed by atoms with Crippen LogP contribution in [0.2, 0.25) is 0 Å². The van der Waals surface area contributed by atoms with Crippen LogP contribution in [-0.4, -0.2) is 28.1 Å². The molecular weight excluding hydrogens is 304 g/mol. The Morgan fingerprint density at radius 1 is 1.12 bits per heavy atom. The van der Waals surface area contributed by atoms with Crippen molar-refractivity contribution in [3.63, 3.8) is 0 Å². The van der Waals surface area contributed by atoms with E-state index in [1.807, 2.05) is 18.2 Å². The number of aliphatic hydroxyl groups excluding tert-OH is 1. The molecule has 136 valence electrons. The van der Waals surface area contributed by atoms with Gasteiger partial charge in [0.2, 0.25) is 0 Å². The number of allylic oxidation sites excluding steroid dienone is 3. The first-order valence-electron chi connectivity index (χ1n) is 9.30. The Bertz CT molecular complexity index is 439. The molecule has 2 N–H and O–H groups in total. The molecule has 1 unspecified atom stereocenters. The number of ketones is 1. The van der Waals surface area contributed by atoms with Gasteiger partial charge in [0, 0.05) is 24.7 Å². The van der Waals surface area contributed by atoms with Crippen LogP contribution in [0, 0.1) is 11.8 Å². The maximum Gasteiger partial charge on any atom is 0.303 e. The molecule has 1 saturated carbocycles. The van der Waals surface area contributed by atoms with E-state index >= 15 is 0 Å². The lowest BCUT2D eigenvalue weighted by Gasteiger charge is -2.15. The first-order valence-corrected chi connectivity index (χ1v) is 9.30. The van der Waals surface area contributed by atoms with Crippen molar-refractivity contribution in [2.45, 2.75) is 77.2 Å². The van der Waals surface area contributed by atoms with Crippen molar-refractivity contribution < 1.29 is 19.8 Å². The number of hydrogen-bond acceptors (Lipinski definition) is 3. The molecule has 0 amide bonds. The molecule has 0 saturated heterocycles. The zero-order valence-corrected chi connectivity index (χ0v) is 14.8. The minimum absolute atomic E-state index is 0.0765. The molecule has 0 radical (unpaired) electrons. The zero-order valence-electron chi connectivity index (χ0n) is 14.8. The van der Waals surface area contributed by atoms with E-state index in [4.69, 9.17) is 5.11 Å². The zero-order chi connectivity index (χ0) is 17.8. The molecule has 1 aliphatic carbocycles. The Morgan fingerprint density at radius 3 is 2.58 bits per heavy atom. The standard InChI is InChI=1S/C20H32O4/c1-2-3-4-5-6-9-12-16-17(19(22)15-18(16)21)13-10-7-8-11-14-20(23)24/h7,9-10,12,16-18,21H,2-6,8,11,13-15H2,1H3,(H,23,24)/b10-7-,12-9+/t16?,17-,18-/m1/s1. The van der Waals surface area contributed by atoms with Crippen molar-refractivity contribution in [3.8, 4) is 0 Å². The highest BCUT2D eigenvalue weighted by Gasteiger charge is 2.38. The molecule has 0 bridgehead atoms. The van der Waals surface area contributed by atoms with Gasteiger partial charge in [-0.25, -0.2) is 0 Å². The average Bonchev–Trinajstić information content (AvgIpc) is 2.80. The molecule has 0 spiro atoms. The molecule has 1 rings (SSSR count). The molecule has 0 aromatic rings. The van der Waals surface area contributed by atoms with Crippen molar-refractivity contribution in [2.24, 2.45) is 11.8 Å². The van der Waals surface area contributed by atoms with Crippen LogP contribution in [0.1, 0.15) is 71.1 Å². The van der Waals surface area contributed by atoms with Crippen LogP contribution < -0.4 is 0 Å². The first-order chi connectivity index (χ1) is 11.6. The third-order valence-electron chi connectivity index (χ3n) is 4.63. The molecule has 24 heavy (non-hydrogen) atoms. The maximum absolute atomic E-state index is 12.1. The molecule has 0 aliphatic heterocycles. The Labute approximate surface area is 145 Å². The van der Waals surface area contributed by atoms with Crippen LogP contribution in [0.5, 0.6) is 0 Å². The normalized spacial score (nSPS) is 24.4. The number of unbranched alkanes of at least 4 members (excludes halogenated alkanes) is 5. The topological polar surface area (TPSA) is 74.6 Å². The van der Waals surface area contributed by atoms with Crippen molar-refractivity contribution in [1.82, 2.24) is 0 Å². The number of carboxylic acid groups (broad SMARTS) is 1. The Hall–Kier alpha value is -1.42. The summed E-state index contributed by atoms with van der Waals surface area (Å²) in [6, 6.07) is 0. The number of rotatable bonds is 12. The van der Waals surface area contributed by atoms with Crippen LogP contribution in [0.3, 0.4) is 0 Å². The summed E-state index contributed by atoms with van der Waals surface area (Å²) in [5.41, 5.74) is 0. The highest BCUT2D eigenvalue weighted by Crippen LogP contribution is 2.33. The van der Waals surface area contributed by atoms with E-state index in [2.05, 4.69) is 13.0 Å². The second kappa shape index (κ2) is 12.0. The minimum Gasteiger partial charge on any atom is -0.481 e. The third-order valence-corrected chi connectivity index (χ3v) is 4.63. The SMILES string of the molecule is CCCCCC/C=C/C1[C@H](O)CC(=O)[C@@H]1C/C=C\CCCC(=O)O. The lowest BCUT2D eigenvalue weighted by atomic mass is 9.90. The quantitative estimate of drug-likeness (QED) is 0.412. The highest BCUT2D eigenvalue weighted by molar-refractivity contribution is 5.84. The van der Waals surface area contributed by atoms with Crippen molar-refractivity contribution in [1.29, 1.82) is 0 Å². The van der Waals surface area contributed by atoms with E-state index in [-0.39, 0.29) is 30.5 Å². The van der Waals surface area contributed by atoms with E-state index < -0.39 is 12.1 Å². The van der Waals surface area contributed by atoms with Gasteiger partial charge in [0.1, 0.15) is 5.78 Å². The largest absolute Gasteiger partial charge is 0.481 e. The van der Waals surface area contributed by atoms with Gasteiger partial charge in [-0.2, -0.15) is 0 Å².